The van der Waals surface area contributed by atoms with Gasteiger partial charge in [0.25, 0.3) is 11.5 Å². The summed E-state index contributed by atoms with van der Waals surface area (Å²) in [5, 5.41) is -0.739. The molecule has 0 atom stereocenters. The number of fused-ring (bicyclic) bond motifs is 1. The van der Waals surface area contributed by atoms with E-state index in [1.807, 2.05) is 0 Å². The van der Waals surface area contributed by atoms with Crippen LogP contribution < -0.4 is 22.0 Å². The number of alkyl halides is 3. The fourth-order valence-corrected chi connectivity index (χ4v) is 1.87. The molecule has 2 heterocycles. The van der Waals surface area contributed by atoms with E-state index in [9.17, 15) is 27.6 Å². The molecule has 0 radical (unpaired) electrons. The molecule has 9 heteroatoms. The number of halogens is 3. The first-order chi connectivity index (χ1) is 8.64. The molecule has 19 heavy (non-hydrogen) atoms. The molecule has 1 aromatic rings. The summed E-state index contributed by atoms with van der Waals surface area (Å²) in [6.07, 6.45) is -5.83. The number of rotatable bonds is 0. The second kappa shape index (κ2) is 3.90. The predicted molar refractivity (Wildman–Crippen MR) is 56.8 cm³/mol. The molecule has 0 aromatic carbocycles. The molecule has 0 spiro atoms. The molecular formula is C10H8F3N3O3. The summed E-state index contributed by atoms with van der Waals surface area (Å²) < 4.78 is 39.9. The van der Waals surface area contributed by atoms with Crippen molar-refractivity contribution in [3.63, 3.8) is 0 Å². The first-order valence-electron chi connectivity index (χ1n) is 5.12. The first-order valence-corrected chi connectivity index (χ1v) is 5.12. The molecule has 0 fully saturated rings. The van der Waals surface area contributed by atoms with Gasteiger partial charge in [0, 0.05) is 14.1 Å². The Morgan fingerprint density at radius 1 is 1.11 bits per heavy atom. The van der Waals surface area contributed by atoms with Crippen LogP contribution in [-0.2, 0) is 18.9 Å². The summed E-state index contributed by atoms with van der Waals surface area (Å²) in [4.78, 5) is 38.0. The Balaban J connectivity index is 3.22. The number of nitrogens with zero attached hydrogens (tertiary/aromatic N) is 3. The highest BCUT2D eigenvalue weighted by atomic mass is 19.4. The monoisotopic (exact) mass is 275 g/mol. The van der Waals surface area contributed by atoms with Crippen molar-refractivity contribution in [3.05, 3.63) is 31.5 Å². The second-order valence-electron chi connectivity index (χ2n) is 4.06. The summed E-state index contributed by atoms with van der Waals surface area (Å²) in [5.41, 5.74) is -3.76. The van der Waals surface area contributed by atoms with Crippen LogP contribution in [0.4, 0.5) is 13.2 Å². The van der Waals surface area contributed by atoms with Gasteiger partial charge in [0.1, 0.15) is 0 Å². The summed E-state index contributed by atoms with van der Waals surface area (Å²) in [7, 11) is 2.21. The lowest BCUT2D eigenvalue weighted by molar-refractivity contribution is -0.119. The largest absolute Gasteiger partial charge is 0.414 e. The average Bonchev–Trinajstić information content (AvgIpc) is 2.31. The quantitative estimate of drug-likeness (QED) is 0.569. The Morgan fingerprint density at radius 2 is 1.68 bits per heavy atom. The highest BCUT2D eigenvalue weighted by molar-refractivity contribution is 5.87. The van der Waals surface area contributed by atoms with Crippen molar-refractivity contribution in [2.75, 3.05) is 0 Å². The van der Waals surface area contributed by atoms with Gasteiger partial charge in [-0.25, -0.2) is 4.79 Å². The fourth-order valence-electron chi connectivity index (χ4n) is 1.87. The van der Waals surface area contributed by atoms with Crippen molar-refractivity contribution in [2.24, 2.45) is 19.1 Å². The van der Waals surface area contributed by atoms with Crippen LogP contribution in [0.15, 0.2) is 14.6 Å². The molecule has 0 bridgehead atoms. The Morgan fingerprint density at radius 3 is 2.21 bits per heavy atom. The Kier molecular flexibility index (Phi) is 2.72. The van der Waals surface area contributed by atoms with E-state index < -0.39 is 46.0 Å². The third-order valence-corrected chi connectivity index (χ3v) is 2.84. The number of carbonyl (C=O) groups excluding carboxylic acids is 1. The van der Waals surface area contributed by atoms with Crippen molar-refractivity contribution in [2.45, 2.75) is 12.6 Å². The van der Waals surface area contributed by atoms with Gasteiger partial charge in [-0.05, 0) is 0 Å². The number of amides is 1. The van der Waals surface area contributed by atoms with E-state index in [0.717, 1.165) is 18.7 Å². The number of hydrogen-bond donors (Lipinski definition) is 0. The molecule has 0 aliphatic carbocycles. The summed E-state index contributed by atoms with van der Waals surface area (Å²) >= 11 is 0. The zero-order valence-corrected chi connectivity index (χ0v) is 9.91. The summed E-state index contributed by atoms with van der Waals surface area (Å²) in [5.74, 6) is -1.04. The number of carbonyl (C=O) groups is 1. The van der Waals surface area contributed by atoms with Gasteiger partial charge >= 0.3 is 11.9 Å². The zero-order valence-electron chi connectivity index (χ0n) is 9.91. The maximum Gasteiger partial charge on any atom is 0.414 e. The molecule has 2 rings (SSSR count). The highest BCUT2D eigenvalue weighted by Crippen LogP contribution is 2.28. The molecule has 102 valence electrons. The van der Waals surface area contributed by atoms with E-state index >= 15 is 0 Å². The van der Waals surface area contributed by atoms with Crippen molar-refractivity contribution in [1.82, 2.24) is 9.13 Å². The third kappa shape index (κ3) is 1.90. The fraction of sp³-hybridized carbons (Fsp3) is 0.400. The van der Waals surface area contributed by atoms with E-state index in [0.29, 0.717) is 4.57 Å². The van der Waals surface area contributed by atoms with Crippen LogP contribution in [0.25, 0.3) is 5.57 Å². The summed E-state index contributed by atoms with van der Waals surface area (Å²) in [6, 6.07) is 0. The van der Waals surface area contributed by atoms with Crippen molar-refractivity contribution in [3.8, 4) is 0 Å². The Bertz CT molecular complexity index is 814. The van der Waals surface area contributed by atoms with Gasteiger partial charge in [-0.1, -0.05) is 0 Å². The first kappa shape index (κ1) is 13.2. The van der Waals surface area contributed by atoms with Crippen LogP contribution in [0.5, 0.6) is 0 Å². The average molecular weight is 275 g/mol. The molecule has 1 amide bonds. The molecule has 1 aliphatic heterocycles. The molecule has 0 saturated carbocycles. The molecule has 0 unspecified atom stereocenters. The van der Waals surface area contributed by atoms with Crippen molar-refractivity contribution < 1.29 is 18.0 Å². The van der Waals surface area contributed by atoms with Crippen LogP contribution in [0, 0.1) is 0 Å². The zero-order chi connectivity index (χ0) is 14.5. The highest BCUT2D eigenvalue weighted by Gasteiger charge is 2.38. The Labute approximate surface area is 103 Å². The number of hydrogen-bond acceptors (Lipinski definition) is 3. The van der Waals surface area contributed by atoms with E-state index in [1.54, 1.807) is 0 Å². The predicted octanol–water partition coefficient (Wildman–Crippen LogP) is -1.65. The minimum absolute atomic E-state index is 0.545. The van der Waals surface area contributed by atoms with Gasteiger partial charge in [0.2, 0.25) is 0 Å². The maximum absolute atomic E-state index is 12.9. The minimum atomic E-state index is -4.83. The smallest absolute Gasteiger partial charge is 0.280 e. The molecule has 1 aliphatic rings. The molecular weight excluding hydrogens is 267 g/mol. The van der Waals surface area contributed by atoms with E-state index in [1.165, 1.54) is 0 Å². The van der Waals surface area contributed by atoms with Crippen LogP contribution in [0.1, 0.15) is 6.42 Å². The molecule has 6 nitrogen and oxygen atoms in total. The third-order valence-electron chi connectivity index (χ3n) is 2.84. The Hall–Kier alpha value is -2.19. The van der Waals surface area contributed by atoms with Crippen molar-refractivity contribution >= 4 is 11.5 Å². The minimum Gasteiger partial charge on any atom is -0.280 e. The van der Waals surface area contributed by atoms with Gasteiger partial charge in [0.15, 0.2) is 5.49 Å². The van der Waals surface area contributed by atoms with Crippen LogP contribution in [0.3, 0.4) is 0 Å². The van der Waals surface area contributed by atoms with Gasteiger partial charge in [-0.2, -0.15) is 18.2 Å². The lowest BCUT2D eigenvalue weighted by Crippen LogP contribution is -2.60. The van der Waals surface area contributed by atoms with Gasteiger partial charge < -0.3 is 0 Å². The van der Waals surface area contributed by atoms with Crippen LogP contribution in [-0.4, -0.2) is 21.2 Å². The topological polar surface area (TPSA) is 73.4 Å². The van der Waals surface area contributed by atoms with E-state index in [-0.39, 0.29) is 0 Å². The molecule has 0 saturated heterocycles. The molecule has 1 aromatic heterocycles. The maximum atomic E-state index is 12.9. The van der Waals surface area contributed by atoms with Gasteiger partial charge in [-0.3, -0.25) is 18.7 Å². The second-order valence-corrected chi connectivity index (χ2v) is 4.06. The van der Waals surface area contributed by atoms with E-state index in [2.05, 4.69) is 4.99 Å². The van der Waals surface area contributed by atoms with Gasteiger partial charge in [-0.15, -0.1) is 0 Å². The summed E-state index contributed by atoms with van der Waals surface area (Å²) in [6.45, 7) is 0. The normalized spacial score (nSPS) is 15.2. The SMILES string of the molecule is Cn1c(=O)c2c(n(C)c1=O)=NC(=O)CC=2C(F)(F)F. The lowest BCUT2D eigenvalue weighted by Gasteiger charge is -2.14. The van der Waals surface area contributed by atoms with E-state index in [4.69, 9.17) is 0 Å². The van der Waals surface area contributed by atoms with Crippen LogP contribution in [0.2, 0.25) is 0 Å². The number of aromatic nitrogens is 2. The lowest BCUT2D eigenvalue weighted by atomic mass is 10.1. The molecule has 0 N–H and O–H groups in total. The standard InChI is InChI=1S/C10H8F3N3O3/c1-15-7-6(8(18)16(2)9(15)19)4(10(11,12)13)3-5(17)14-7/h3H2,1-2H3. The van der Waals surface area contributed by atoms with Crippen LogP contribution >= 0.6 is 0 Å². The van der Waals surface area contributed by atoms with Gasteiger partial charge in [0.05, 0.1) is 17.2 Å². The van der Waals surface area contributed by atoms with Crippen molar-refractivity contribution in [1.29, 1.82) is 0 Å².